The van der Waals surface area contributed by atoms with Crippen molar-refractivity contribution in [2.45, 2.75) is 60.0 Å². The molecule has 0 bridgehead atoms. The van der Waals surface area contributed by atoms with E-state index in [-0.39, 0.29) is 74.0 Å². The number of aromatic nitrogens is 6. The minimum Gasteiger partial charge on any atom is -0.491 e. The van der Waals surface area contributed by atoms with E-state index in [0.29, 0.717) is 76.0 Å². The third-order valence-electron chi connectivity index (χ3n) is 9.25. The number of amides is 4. The number of benzene rings is 2. The normalized spacial score (nSPS) is 13.6. The van der Waals surface area contributed by atoms with Crippen LogP contribution in [0.4, 0.5) is 11.9 Å². The molecule has 19 heteroatoms. The number of nitrogens with zero attached hydrogens (tertiary/aromatic N) is 6. The Balaban J connectivity index is 1.32. The van der Waals surface area contributed by atoms with Gasteiger partial charge in [-0.1, -0.05) is 26.0 Å². The third kappa shape index (κ3) is 7.83. The number of allylic oxidation sites excluding steroid dienone is 2. The Bertz CT molecular complexity index is 2600. The number of hydrogen-bond donors (Lipinski definition) is 5. The highest BCUT2D eigenvalue weighted by molar-refractivity contribution is 6.05. The summed E-state index contributed by atoms with van der Waals surface area (Å²) >= 11 is 0. The van der Waals surface area contributed by atoms with Crippen LogP contribution in [0.5, 0.6) is 11.5 Å². The zero-order valence-corrected chi connectivity index (χ0v) is 32.3. The Morgan fingerprint density at radius 2 is 1.21 bits per heavy atom. The lowest BCUT2D eigenvalue weighted by Gasteiger charge is -2.14. The number of primary amides is 1. The molecule has 1 aliphatic rings. The molecule has 6 N–H and O–H groups in total. The highest BCUT2D eigenvalue weighted by Gasteiger charge is 2.26. The smallest absolute Gasteiger partial charge is 0.295 e. The molecule has 4 amide bonds. The van der Waals surface area contributed by atoms with Crippen molar-refractivity contribution in [3.63, 3.8) is 0 Å². The minimum atomic E-state index is -0.694. The second-order valence-electron chi connectivity index (χ2n) is 13.3. The average molecular weight is 795 g/mol. The molecule has 0 unspecified atom stereocenters. The first-order chi connectivity index (χ1) is 28.0. The summed E-state index contributed by atoms with van der Waals surface area (Å²) in [5.74, 6) is -0.598. The van der Waals surface area contributed by atoms with E-state index in [9.17, 15) is 24.3 Å². The van der Waals surface area contributed by atoms with E-state index in [0.717, 1.165) is 0 Å². The van der Waals surface area contributed by atoms with E-state index in [1.54, 1.807) is 35.1 Å². The number of nitrogens with one attached hydrogen (secondary N) is 3. The Morgan fingerprint density at radius 3 is 1.67 bits per heavy atom. The van der Waals surface area contributed by atoms with E-state index in [2.05, 4.69) is 30.9 Å². The van der Waals surface area contributed by atoms with Gasteiger partial charge in [0.25, 0.3) is 17.7 Å². The van der Waals surface area contributed by atoms with Crippen molar-refractivity contribution >= 4 is 57.6 Å². The summed E-state index contributed by atoms with van der Waals surface area (Å²) in [5.41, 5.74) is 8.71. The molecule has 0 spiro atoms. The van der Waals surface area contributed by atoms with Crippen molar-refractivity contribution in [1.29, 1.82) is 0 Å². The van der Waals surface area contributed by atoms with Gasteiger partial charge in [0.1, 0.15) is 22.5 Å². The molecule has 0 aliphatic carbocycles. The van der Waals surface area contributed by atoms with Crippen LogP contribution in [0.1, 0.15) is 85.3 Å². The van der Waals surface area contributed by atoms with Crippen LogP contribution >= 0.6 is 0 Å². The number of aryl methyl sites for hydroxylation is 4. The third-order valence-corrected chi connectivity index (χ3v) is 9.25. The van der Waals surface area contributed by atoms with Crippen molar-refractivity contribution in [3.8, 4) is 11.5 Å². The van der Waals surface area contributed by atoms with Gasteiger partial charge in [-0.15, -0.1) is 0 Å². The number of imidazole rings is 2. The van der Waals surface area contributed by atoms with E-state index in [4.69, 9.17) is 29.0 Å². The van der Waals surface area contributed by atoms with Crippen LogP contribution in [-0.2, 0) is 25.9 Å². The number of aliphatic hydroxyl groups excluding tert-OH is 1. The number of hydrogen-bond acceptors (Lipinski definition) is 13. The monoisotopic (exact) mass is 794 g/mol. The summed E-state index contributed by atoms with van der Waals surface area (Å²) in [6.45, 7) is 7.36. The number of carbonyl (C=O) groups is 4. The van der Waals surface area contributed by atoms with E-state index in [1.807, 2.05) is 26.0 Å². The lowest BCUT2D eigenvalue weighted by Crippen LogP contribution is -2.26. The molecule has 6 aromatic rings. The molecule has 0 radical (unpaired) electrons. The molecule has 0 saturated heterocycles. The van der Waals surface area contributed by atoms with Gasteiger partial charge in [-0.25, -0.2) is 19.9 Å². The van der Waals surface area contributed by atoms with Crippen molar-refractivity contribution in [1.82, 2.24) is 34.4 Å². The Kier molecular flexibility index (Phi) is 11.2. The van der Waals surface area contributed by atoms with Crippen LogP contribution < -0.4 is 31.2 Å². The van der Waals surface area contributed by atoms with Crippen LogP contribution in [0.15, 0.2) is 45.3 Å². The first-order valence-corrected chi connectivity index (χ1v) is 18.7. The molecule has 302 valence electrons. The number of ether oxygens (including phenoxy) is 2. The predicted molar refractivity (Wildman–Crippen MR) is 209 cm³/mol. The summed E-state index contributed by atoms with van der Waals surface area (Å²) in [7, 11) is 0. The number of anilines is 2. The highest BCUT2D eigenvalue weighted by atomic mass is 16.5. The quantitative estimate of drug-likeness (QED) is 0.124. The molecule has 2 aromatic carbocycles. The Labute approximate surface area is 330 Å². The maximum absolute atomic E-state index is 13.6. The van der Waals surface area contributed by atoms with Gasteiger partial charge in [0, 0.05) is 51.0 Å². The molecule has 4 aromatic heterocycles. The molecular formula is C39H42N10O9. The van der Waals surface area contributed by atoms with Crippen molar-refractivity contribution in [2.75, 3.05) is 37.0 Å². The SMILES string of the molecule is CCc1nc(C)oc1C(=O)Nc1nc2cc(C(N)=O)cc3c2n1C/C=C/Cn1c(NC(=O)c2oc(C)nc2CC)nc2cc(C(=O)NCCO)cc(c21)OCCCO3. The van der Waals surface area contributed by atoms with Gasteiger partial charge in [0.05, 0.1) is 42.2 Å². The molecular weight excluding hydrogens is 752 g/mol. The lowest BCUT2D eigenvalue weighted by molar-refractivity contribution is 0.0942. The number of nitrogens with two attached hydrogens (primary N) is 1. The van der Waals surface area contributed by atoms with Crippen molar-refractivity contribution in [3.05, 3.63) is 82.2 Å². The summed E-state index contributed by atoms with van der Waals surface area (Å²) in [6.07, 6.45) is 4.91. The van der Waals surface area contributed by atoms with Gasteiger partial charge in [0.15, 0.2) is 11.8 Å². The van der Waals surface area contributed by atoms with E-state index < -0.39 is 23.6 Å². The van der Waals surface area contributed by atoms with Crippen LogP contribution in [0, 0.1) is 13.8 Å². The maximum atomic E-state index is 13.6. The summed E-state index contributed by atoms with van der Waals surface area (Å²) in [6, 6.07) is 6.19. The topological polar surface area (TPSA) is 257 Å². The molecule has 0 atom stereocenters. The predicted octanol–water partition coefficient (Wildman–Crippen LogP) is 3.85. The summed E-state index contributed by atoms with van der Waals surface area (Å²) in [4.78, 5) is 70.8. The fourth-order valence-corrected chi connectivity index (χ4v) is 6.65. The minimum absolute atomic E-state index is 0.0363. The van der Waals surface area contributed by atoms with Gasteiger partial charge < -0.3 is 43.6 Å². The van der Waals surface area contributed by atoms with Gasteiger partial charge in [-0.05, 0) is 37.1 Å². The standard InChI is InChI=1S/C39H42N10O9/c1-5-24-32(57-20(3)42-24)36(53)46-38-44-26-16-22(34(40)51)18-28-30(26)48(38)11-7-8-12-49-31-27(45-39(49)47-37(54)33-25(6-2)43-21(4)58-33)17-23(35(52)41-10-13-50)19-29(31)56-15-9-14-55-28/h7-8,16-19,50H,5-6,9-15H2,1-4H3,(H2,40,51)(H,41,52)(H,44,46,53)(H,45,47,54)/b8-7+. The lowest BCUT2D eigenvalue weighted by atomic mass is 10.1. The fourth-order valence-electron chi connectivity index (χ4n) is 6.65. The largest absolute Gasteiger partial charge is 0.491 e. The average Bonchev–Trinajstić information content (AvgIpc) is 3.96. The van der Waals surface area contributed by atoms with Crippen LogP contribution in [0.2, 0.25) is 0 Å². The number of carbonyl (C=O) groups excluding carboxylic acids is 4. The molecule has 7 rings (SSSR count). The first-order valence-electron chi connectivity index (χ1n) is 18.7. The summed E-state index contributed by atoms with van der Waals surface area (Å²) < 4.78 is 27.3. The Hall–Kier alpha value is -7.02. The van der Waals surface area contributed by atoms with Gasteiger partial charge in [0.2, 0.25) is 29.3 Å². The second kappa shape index (κ2) is 16.6. The van der Waals surface area contributed by atoms with Gasteiger partial charge in [-0.3, -0.25) is 29.8 Å². The fraction of sp³-hybridized carbons (Fsp3) is 0.333. The van der Waals surface area contributed by atoms with E-state index >= 15 is 0 Å². The molecule has 19 nitrogen and oxygen atoms in total. The van der Waals surface area contributed by atoms with Gasteiger partial charge >= 0.3 is 0 Å². The van der Waals surface area contributed by atoms with Gasteiger partial charge in [-0.2, -0.15) is 0 Å². The molecule has 5 heterocycles. The highest BCUT2D eigenvalue weighted by Crippen LogP contribution is 2.34. The molecule has 1 aliphatic heterocycles. The van der Waals surface area contributed by atoms with Crippen LogP contribution in [0.3, 0.4) is 0 Å². The van der Waals surface area contributed by atoms with Crippen molar-refractivity contribution in [2.24, 2.45) is 5.73 Å². The summed E-state index contributed by atoms with van der Waals surface area (Å²) in [5, 5.41) is 17.7. The maximum Gasteiger partial charge on any atom is 0.295 e. The molecule has 58 heavy (non-hydrogen) atoms. The number of oxazole rings is 2. The first kappa shape index (κ1) is 39.2. The number of rotatable bonds is 10. The zero-order valence-electron chi connectivity index (χ0n) is 32.3. The Morgan fingerprint density at radius 1 is 0.724 bits per heavy atom. The zero-order chi connectivity index (χ0) is 41.1. The number of aliphatic hydroxyl groups is 1. The molecule has 0 fully saturated rings. The van der Waals surface area contributed by atoms with Crippen molar-refractivity contribution < 1.29 is 42.6 Å². The molecule has 0 saturated carbocycles. The van der Waals surface area contributed by atoms with E-state index in [1.165, 1.54) is 12.1 Å². The second-order valence-corrected chi connectivity index (χ2v) is 13.3. The van der Waals surface area contributed by atoms with Crippen LogP contribution in [-0.4, -0.2) is 84.2 Å². The van der Waals surface area contributed by atoms with Crippen LogP contribution in [0.25, 0.3) is 22.1 Å².